The van der Waals surface area contributed by atoms with Gasteiger partial charge in [-0.3, -0.25) is 4.79 Å². The van der Waals surface area contributed by atoms with Crippen molar-refractivity contribution in [2.75, 3.05) is 19.7 Å². The van der Waals surface area contributed by atoms with Gasteiger partial charge in [-0.15, -0.1) is 12.4 Å². The fourth-order valence-electron chi connectivity index (χ4n) is 2.12. The van der Waals surface area contributed by atoms with Crippen LogP contribution in [0.25, 0.3) is 0 Å². The van der Waals surface area contributed by atoms with Crippen LogP contribution in [0.4, 0.5) is 0 Å². The van der Waals surface area contributed by atoms with Crippen LogP contribution in [0, 0.1) is 6.92 Å². The van der Waals surface area contributed by atoms with Crippen molar-refractivity contribution in [2.45, 2.75) is 32.4 Å². The Hall–Kier alpha value is -1.10. The average molecular weight is 299 g/mol. The SMILES string of the molecule is Cc1ccc(CNC(=O)CNCC2CCCO2)cc1.Cl. The summed E-state index contributed by atoms with van der Waals surface area (Å²) < 4.78 is 5.48. The Morgan fingerprint density at radius 3 is 2.75 bits per heavy atom. The van der Waals surface area contributed by atoms with Gasteiger partial charge in [-0.05, 0) is 25.3 Å². The Morgan fingerprint density at radius 2 is 2.10 bits per heavy atom. The first-order chi connectivity index (χ1) is 9.24. The van der Waals surface area contributed by atoms with Gasteiger partial charge in [0.1, 0.15) is 0 Å². The smallest absolute Gasteiger partial charge is 0.234 e. The van der Waals surface area contributed by atoms with Crippen molar-refractivity contribution in [3.05, 3.63) is 35.4 Å². The summed E-state index contributed by atoms with van der Waals surface area (Å²) in [6.45, 7) is 4.60. The standard InChI is InChI=1S/C15H22N2O2.ClH/c1-12-4-6-13(7-5-12)9-17-15(18)11-16-10-14-3-2-8-19-14;/h4-7,14,16H,2-3,8-11H2,1H3,(H,17,18);1H. The molecule has 1 aliphatic heterocycles. The maximum absolute atomic E-state index is 11.6. The summed E-state index contributed by atoms with van der Waals surface area (Å²) in [6, 6.07) is 8.18. The van der Waals surface area contributed by atoms with Crippen LogP contribution in [0.1, 0.15) is 24.0 Å². The first kappa shape index (κ1) is 17.0. The molecule has 1 heterocycles. The van der Waals surface area contributed by atoms with Crippen LogP contribution < -0.4 is 10.6 Å². The van der Waals surface area contributed by atoms with E-state index in [-0.39, 0.29) is 24.4 Å². The molecule has 1 fully saturated rings. The Labute approximate surface area is 126 Å². The lowest BCUT2D eigenvalue weighted by Crippen LogP contribution is -2.36. The largest absolute Gasteiger partial charge is 0.377 e. The summed E-state index contributed by atoms with van der Waals surface area (Å²) in [5.41, 5.74) is 2.35. The van der Waals surface area contributed by atoms with Gasteiger partial charge in [0.25, 0.3) is 0 Å². The van der Waals surface area contributed by atoms with E-state index < -0.39 is 0 Å². The first-order valence-corrected chi connectivity index (χ1v) is 6.88. The van der Waals surface area contributed by atoms with Crippen LogP contribution in [-0.2, 0) is 16.1 Å². The molecular formula is C15H23ClN2O2. The number of amides is 1. The third kappa shape index (κ3) is 5.90. The number of nitrogens with one attached hydrogen (secondary N) is 2. The molecule has 1 saturated heterocycles. The normalized spacial score (nSPS) is 17.6. The molecule has 2 N–H and O–H groups in total. The van der Waals surface area contributed by atoms with Gasteiger partial charge in [-0.25, -0.2) is 0 Å². The molecule has 1 aromatic rings. The molecule has 4 nitrogen and oxygen atoms in total. The molecule has 0 aromatic heterocycles. The van der Waals surface area contributed by atoms with Crippen molar-refractivity contribution >= 4 is 18.3 Å². The van der Waals surface area contributed by atoms with Crippen molar-refractivity contribution in [3.63, 3.8) is 0 Å². The predicted molar refractivity (Wildman–Crippen MR) is 82.1 cm³/mol. The summed E-state index contributed by atoms with van der Waals surface area (Å²) in [5, 5.41) is 6.04. The zero-order valence-electron chi connectivity index (χ0n) is 11.9. The van der Waals surface area contributed by atoms with Gasteiger partial charge in [0, 0.05) is 19.7 Å². The van der Waals surface area contributed by atoms with E-state index >= 15 is 0 Å². The monoisotopic (exact) mass is 298 g/mol. The summed E-state index contributed by atoms with van der Waals surface area (Å²) >= 11 is 0. The van der Waals surface area contributed by atoms with E-state index in [1.54, 1.807) is 0 Å². The molecule has 0 bridgehead atoms. The van der Waals surface area contributed by atoms with Gasteiger partial charge in [0.05, 0.1) is 12.6 Å². The lowest BCUT2D eigenvalue weighted by atomic mass is 10.1. The molecule has 0 saturated carbocycles. The van der Waals surface area contributed by atoms with E-state index in [0.29, 0.717) is 13.1 Å². The van der Waals surface area contributed by atoms with E-state index in [0.717, 1.165) is 31.6 Å². The molecule has 112 valence electrons. The zero-order chi connectivity index (χ0) is 13.5. The molecule has 1 aliphatic rings. The highest BCUT2D eigenvalue weighted by Crippen LogP contribution is 2.10. The van der Waals surface area contributed by atoms with Gasteiger partial charge in [-0.2, -0.15) is 0 Å². The molecule has 0 spiro atoms. The number of aryl methyl sites for hydroxylation is 1. The van der Waals surface area contributed by atoms with Crippen molar-refractivity contribution in [2.24, 2.45) is 0 Å². The van der Waals surface area contributed by atoms with Crippen molar-refractivity contribution in [1.29, 1.82) is 0 Å². The van der Waals surface area contributed by atoms with Crippen LogP contribution in [0.5, 0.6) is 0 Å². The number of carbonyl (C=O) groups is 1. The summed E-state index contributed by atoms with van der Waals surface area (Å²) in [7, 11) is 0. The zero-order valence-corrected chi connectivity index (χ0v) is 12.7. The van der Waals surface area contributed by atoms with E-state index in [4.69, 9.17) is 4.74 Å². The summed E-state index contributed by atoms with van der Waals surface area (Å²) in [4.78, 5) is 11.6. The number of ether oxygens (including phenoxy) is 1. The minimum atomic E-state index is 0. The second kappa shape index (κ2) is 8.95. The minimum absolute atomic E-state index is 0. The lowest BCUT2D eigenvalue weighted by molar-refractivity contribution is -0.120. The second-order valence-electron chi connectivity index (χ2n) is 5.03. The maximum Gasteiger partial charge on any atom is 0.234 e. The summed E-state index contributed by atoms with van der Waals surface area (Å²) in [6.07, 6.45) is 2.51. The quantitative estimate of drug-likeness (QED) is 0.842. The second-order valence-corrected chi connectivity index (χ2v) is 5.03. The lowest BCUT2D eigenvalue weighted by Gasteiger charge is -2.11. The highest BCUT2D eigenvalue weighted by molar-refractivity contribution is 5.85. The fraction of sp³-hybridized carbons (Fsp3) is 0.533. The molecule has 5 heteroatoms. The maximum atomic E-state index is 11.6. The van der Waals surface area contributed by atoms with E-state index in [2.05, 4.69) is 29.7 Å². The van der Waals surface area contributed by atoms with Crippen LogP contribution in [0.2, 0.25) is 0 Å². The Morgan fingerprint density at radius 1 is 1.35 bits per heavy atom. The first-order valence-electron chi connectivity index (χ1n) is 6.88. The van der Waals surface area contributed by atoms with Gasteiger partial charge < -0.3 is 15.4 Å². The minimum Gasteiger partial charge on any atom is -0.377 e. The average Bonchev–Trinajstić information content (AvgIpc) is 2.91. The Kier molecular flexibility index (Phi) is 7.59. The molecule has 1 unspecified atom stereocenters. The molecule has 20 heavy (non-hydrogen) atoms. The van der Waals surface area contributed by atoms with E-state index in [9.17, 15) is 4.79 Å². The van der Waals surface area contributed by atoms with Gasteiger partial charge in [0.15, 0.2) is 0 Å². The number of benzene rings is 1. The highest BCUT2D eigenvalue weighted by atomic mass is 35.5. The van der Waals surface area contributed by atoms with E-state index in [1.807, 2.05) is 12.1 Å². The van der Waals surface area contributed by atoms with Gasteiger partial charge in [-0.1, -0.05) is 29.8 Å². The molecule has 1 atom stereocenters. The number of hydrogen-bond donors (Lipinski definition) is 2. The molecule has 2 rings (SSSR count). The molecule has 0 aliphatic carbocycles. The number of hydrogen-bond acceptors (Lipinski definition) is 3. The van der Waals surface area contributed by atoms with Crippen LogP contribution in [0.3, 0.4) is 0 Å². The molecular weight excluding hydrogens is 276 g/mol. The predicted octanol–water partition coefficient (Wildman–Crippen LogP) is 1.80. The van der Waals surface area contributed by atoms with Gasteiger partial charge in [0.2, 0.25) is 5.91 Å². The Bertz CT molecular complexity index is 403. The molecule has 0 radical (unpaired) electrons. The van der Waals surface area contributed by atoms with Crippen LogP contribution in [-0.4, -0.2) is 31.7 Å². The molecule has 1 amide bonds. The van der Waals surface area contributed by atoms with Crippen LogP contribution in [0.15, 0.2) is 24.3 Å². The van der Waals surface area contributed by atoms with Crippen molar-refractivity contribution < 1.29 is 9.53 Å². The third-order valence-electron chi connectivity index (χ3n) is 3.29. The van der Waals surface area contributed by atoms with Crippen molar-refractivity contribution in [3.8, 4) is 0 Å². The number of carbonyl (C=O) groups excluding carboxylic acids is 1. The van der Waals surface area contributed by atoms with Crippen molar-refractivity contribution in [1.82, 2.24) is 10.6 Å². The van der Waals surface area contributed by atoms with E-state index in [1.165, 1.54) is 5.56 Å². The summed E-state index contributed by atoms with van der Waals surface area (Å²) in [5.74, 6) is 0.0265. The van der Waals surface area contributed by atoms with Gasteiger partial charge >= 0.3 is 0 Å². The molecule has 1 aromatic carbocycles. The highest BCUT2D eigenvalue weighted by Gasteiger charge is 2.14. The number of rotatable bonds is 6. The fourth-order valence-corrected chi connectivity index (χ4v) is 2.12. The third-order valence-corrected chi connectivity index (χ3v) is 3.29. The number of halogens is 1. The topological polar surface area (TPSA) is 50.4 Å². The van der Waals surface area contributed by atoms with Crippen LogP contribution >= 0.6 is 12.4 Å². The Balaban J connectivity index is 0.00000200.